The highest BCUT2D eigenvalue weighted by Gasteiger charge is 2.11. The van der Waals surface area contributed by atoms with Crippen LogP contribution in [0.15, 0.2) is 35.3 Å². The van der Waals surface area contributed by atoms with Crippen molar-refractivity contribution in [2.75, 3.05) is 18.5 Å². The zero-order valence-corrected chi connectivity index (χ0v) is 12.8. The van der Waals surface area contributed by atoms with Crippen LogP contribution >= 0.6 is 0 Å². The van der Waals surface area contributed by atoms with Gasteiger partial charge in [-0.05, 0) is 24.6 Å². The van der Waals surface area contributed by atoms with Crippen LogP contribution in [0.2, 0.25) is 0 Å². The SMILES string of the molecule is CC(C)CNCc1cc(F)cnc1N(C)Cc1ccoc1. The Morgan fingerprint density at radius 1 is 1.43 bits per heavy atom. The number of halogens is 1. The molecule has 0 radical (unpaired) electrons. The van der Waals surface area contributed by atoms with E-state index in [0.29, 0.717) is 19.0 Å². The number of furan rings is 1. The van der Waals surface area contributed by atoms with Gasteiger partial charge in [0.15, 0.2) is 0 Å². The van der Waals surface area contributed by atoms with Crippen LogP contribution in [-0.4, -0.2) is 18.6 Å². The predicted molar refractivity (Wildman–Crippen MR) is 81.6 cm³/mol. The molecule has 0 aromatic carbocycles. The number of rotatable bonds is 7. The summed E-state index contributed by atoms with van der Waals surface area (Å²) in [6.45, 7) is 6.45. The molecule has 0 aliphatic carbocycles. The van der Waals surface area contributed by atoms with Crippen LogP contribution in [0.3, 0.4) is 0 Å². The highest BCUT2D eigenvalue weighted by molar-refractivity contribution is 5.46. The van der Waals surface area contributed by atoms with Gasteiger partial charge in [0.25, 0.3) is 0 Å². The highest BCUT2D eigenvalue weighted by Crippen LogP contribution is 2.19. The maximum Gasteiger partial charge on any atom is 0.141 e. The van der Waals surface area contributed by atoms with Gasteiger partial charge in [0.1, 0.15) is 11.6 Å². The first-order chi connectivity index (χ1) is 10.1. The Morgan fingerprint density at radius 2 is 2.24 bits per heavy atom. The van der Waals surface area contributed by atoms with Crippen molar-refractivity contribution in [1.29, 1.82) is 0 Å². The number of nitrogens with zero attached hydrogens (tertiary/aromatic N) is 2. The minimum absolute atomic E-state index is 0.309. The average molecular weight is 291 g/mol. The lowest BCUT2D eigenvalue weighted by molar-refractivity contribution is 0.548. The molecule has 4 nitrogen and oxygen atoms in total. The molecule has 1 N–H and O–H groups in total. The van der Waals surface area contributed by atoms with Crippen LogP contribution in [0.25, 0.3) is 0 Å². The Morgan fingerprint density at radius 3 is 2.90 bits per heavy atom. The number of nitrogens with one attached hydrogen (secondary N) is 1. The maximum absolute atomic E-state index is 13.4. The van der Waals surface area contributed by atoms with E-state index in [1.165, 1.54) is 6.20 Å². The van der Waals surface area contributed by atoms with Crippen LogP contribution in [0.4, 0.5) is 10.2 Å². The number of anilines is 1. The molecule has 21 heavy (non-hydrogen) atoms. The van der Waals surface area contributed by atoms with Crippen LogP contribution < -0.4 is 10.2 Å². The van der Waals surface area contributed by atoms with Crippen molar-refractivity contribution in [2.24, 2.45) is 5.92 Å². The lowest BCUT2D eigenvalue weighted by Gasteiger charge is -2.21. The fraction of sp³-hybridized carbons (Fsp3) is 0.438. The molecule has 2 aromatic rings. The molecule has 2 rings (SSSR count). The van der Waals surface area contributed by atoms with Crippen molar-refractivity contribution in [3.63, 3.8) is 0 Å². The fourth-order valence-electron chi connectivity index (χ4n) is 2.17. The Balaban J connectivity index is 2.09. The Bertz CT molecular complexity index is 555. The third-order valence-corrected chi connectivity index (χ3v) is 3.14. The molecule has 0 spiro atoms. The summed E-state index contributed by atoms with van der Waals surface area (Å²) in [6.07, 6.45) is 4.61. The number of hydrogen-bond acceptors (Lipinski definition) is 4. The lowest BCUT2D eigenvalue weighted by atomic mass is 10.2. The molecule has 5 heteroatoms. The van der Waals surface area contributed by atoms with E-state index >= 15 is 0 Å². The summed E-state index contributed by atoms with van der Waals surface area (Å²) in [5.41, 5.74) is 1.92. The summed E-state index contributed by atoms with van der Waals surface area (Å²) in [7, 11) is 1.94. The van der Waals surface area contributed by atoms with Gasteiger partial charge < -0.3 is 14.6 Å². The molecule has 0 fully saturated rings. The molecule has 0 amide bonds. The molecule has 2 aromatic heterocycles. The van der Waals surface area contributed by atoms with Crippen molar-refractivity contribution >= 4 is 5.82 Å². The molecule has 0 atom stereocenters. The summed E-state index contributed by atoms with van der Waals surface area (Å²) in [4.78, 5) is 6.23. The first-order valence-electron chi connectivity index (χ1n) is 7.13. The van der Waals surface area contributed by atoms with Crippen molar-refractivity contribution in [2.45, 2.75) is 26.9 Å². The van der Waals surface area contributed by atoms with Crippen molar-refractivity contribution < 1.29 is 8.81 Å². The predicted octanol–water partition coefficient (Wildman–Crippen LogP) is 3.20. The normalized spacial score (nSPS) is 11.1. The van der Waals surface area contributed by atoms with Gasteiger partial charge in [-0.3, -0.25) is 0 Å². The summed E-state index contributed by atoms with van der Waals surface area (Å²) in [6, 6.07) is 3.46. The molecular weight excluding hydrogens is 269 g/mol. The molecular formula is C16H22FN3O. The van der Waals surface area contributed by atoms with E-state index in [0.717, 1.165) is 23.5 Å². The minimum atomic E-state index is -0.309. The minimum Gasteiger partial charge on any atom is -0.472 e. The van der Waals surface area contributed by atoms with Gasteiger partial charge in [0.2, 0.25) is 0 Å². The molecule has 0 saturated carbocycles. The molecule has 0 saturated heterocycles. The third-order valence-electron chi connectivity index (χ3n) is 3.14. The van der Waals surface area contributed by atoms with E-state index in [-0.39, 0.29) is 5.82 Å². The van der Waals surface area contributed by atoms with Gasteiger partial charge >= 0.3 is 0 Å². The Hall–Kier alpha value is -1.88. The van der Waals surface area contributed by atoms with Gasteiger partial charge in [0, 0.05) is 31.3 Å². The standard InChI is InChI=1S/C16H22FN3O/c1-12(2)7-18-8-14-6-15(17)9-19-16(14)20(3)10-13-4-5-21-11-13/h4-6,9,11-12,18H,7-8,10H2,1-3H3. The largest absolute Gasteiger partial charge is 0.472 e. The Kier molecular flexibility index (Phi) is 5.33. The second kappa shape index (κ2) is 7.22. The molecule has 114 valence electrons. The molecule has 0 aliphatic heterocycles. The van der Waals surface area contributed by atoms with E-state index in [4.69, 9.17) is 4.42 Å². The topological polar surface area (TPSA) is 41.3 Å². The summed E-state index contributed by atoms with van der Waals surface area (Å²) < 4.78 is 18.5. The highest BCUT2D eigenvalue weighted by atomic mass is 19.1. The van der Waals surface area contributed by atoms with Gasteiger partial charge in [-0.25, -0.2) is 9.37 Å². The van der Waals surface area contributed by atoms with Gasteiger partial charge in [-0.15, -0.1) is 0 Å². The van der Waals surface area contributed by atoms with Crippen molar-refractivity contribution in [1.82, 2.24) is 10.3 Å². The van der Waals surface area contributed by atoms with E-state index in [9.17, 15) is 4.39 Å². The van der Waals surface area contributed by atoms with Gasteiger partial charge in [-0.2, -0.15) is 0 Å². The number of pyridine rings is 1. The first-order valence-corrected chi connectivity index (χ1v) is 7.13. The van der Waals surface area contributed by atoms with Gasteiger partial charge in [0.05, 0.1) is 18.7 Å². The van der Waals surface area contributed by atoms with E-state index in [1.807, 2.05) is 18.0 Å². The lowest BCUT2D eigenvalue weighted by Crippen LogP contribution is -2.23. The quantitative estimate of drug-likeness (QED) is 0.850. The molecule has 2 heterocycles. The zero-order valence-electron chi connectivity index (χ0n) is 12.8. The summed E-state index contributed by atoms with van der Waals surface area (Å²) in [5.74, 6) is 1.03. The maximum atomic E-state index is 13.4. The van der Waals surface area contributed by atoms with Gasteiger partial charge in [-0.1, -0.05) is 13.8 Å². The fourth-order valence-corrected chi connectivity index (χ4v) is 2.17. The van der Waals surface area contributed by atoms with Crippen LogP contribution in [0.5, 0.6) is 0 Å². The number of hydrogen-bond donors (Lipinski definition) is 1. The number of aromatic nitrogens is 1. The van der Waals surface area contributed by atoms with E-state index < -0.39 is 0 Å². The second-order valence-corrected chi connectivity index (χ2v) is 5.65. The first kappa shape index (κ1) is 15.5. The van der Waals surface area contributed by atoms with E-state index in [2.05, 4.69) is 24.1 Å². The van der Waals surface area contributed by atoms with Crippen LogP contribution in [0.1, 0.15) is 25.0 Å². The smallest absolute Gasteiger partial charge is 0.141 e. The summed E-state index contributed by atoms with van der Waals surface area (Å²) in [5, 5.41) is 3.33. The molecule has 0 unspecified atom stereocenters. The molecule has 0 bridgehead atoms. The Labute approximate surface area is 125 Å². The van der Waals surface area contributed by atoms with Crippen molar-refractivity contribution in [3.8, 4) is 0 Å². The van der Waals surface area contributed by atoms with E-state index in [1.54, 1.807) is 18.6 Å². The van der Waals surface area contributed by atoms with Crippen molar-refractivity contribution in [3.05, 3.63) is 47.8 Å². The average Bonchev–Trinajstić information content (AvgIpc) is 2.91. The third kappa shape index (κ3) is 4.56. The monoisotopic (exact) mass is 291 g/mol. The zero-order chi connectivity index (χ0) is 15.2. The molecule has 0 aliphatic rings. The second-order valence-electron chi connectivity index (χ2n) is 5.65. The summed E-state index contributed by atoms with van der Waals surface area (Å²) >= 11 is 0. The van der Waals surface area contributed by atoms with Crippen LogP contribution in [-0.2, 0) is 13.1 Å². The van der Waals surface area contributed by atoms with Crippen LogP contribution in [0, 0.1) is 11.7 Å².